The summed E-state index contributed by atoms with van der Waals surface area (Å²) in [6.45, 7) is 0.433. The summed E-state index contributed by atoms with van der Waals surface area (Å²) in [5.74, 6) is -0.821. The van der Waals surface area contributed by atoms with Gasteiger partial charge in [0, 0.05) is 30.4 Å². The molecule has 0 aliphatic carbocycles. The minimum Gasteiger partial charge on any atom is -0.383 e. The molecule has 0 fully saturated rings. The first-order valence-electron chi connectivity index (χ1n) is 8.14. The summed E-state index contributed by atoms with van der Waals surface area (Å²) < 4.78 is 18.2. The van der Waals surface area contributed by atoms with Crippen molar-refractivity contribution in [3.63, 3.8) is 0 Å². The molecule has 144 valence electrons. The quantitative estimate of drug-likeness (QED) is 0.443. The third-order valence-corrected chi connectivity index (χ3v) is 4.80. The van der Waals surface area contributed by atoms with Gasteiger partial charge < -0.3 is 4.74 Å². The Labute approximate surface area is 163 Å². The van der Waals surface area contributed by atoms with Crippen LogP contribution >= 0.6 is 11.3 Å². The van der Waals surface area contributed by atoms with Gasteiger partial charge in [-0.1, -0.05) is 17.4 Å². The van der Waals surface area contributed by atoms with E-state index in [0.29, 0.717) is 15.7 Å². The number of anilines is 1. The molecule has 0 N–H and O–H groups in total. The highest BCUT2D eigenvalue weighted by molar-refractivity contribution is 7.18. The first kappa shape index (κ1) is 19.5. The SMILES string of the molecule is COCCN(C(=O)c1cccc([N+](=O)[O-])c1)c1nnc(-c2ccc(F)cc2)s1. The topological polar surface area (TPSA) is 98.5 Å². The maximum absolute atomic E-state index is 13.1. The van der Waals surface area contributed by atoms with Gasteiger partial charge in [-0.3, -0.25) is 19.8 Å². The van der Waals surface area contributed by atoms with Crippen molar-refractivity contribution in [2.75, 3.05) is 25.2 Å². The second-order valence-corrected chi connectivity index (χ2v) is 6.61. The van der Waals surface area contributed by atoms with Crippen molar-refractivity contribution in [1.82, 2.24) is 10.2 Å². The molecule has 3 aromatic rings. The lowest BCUT2D eigenvalue weighted by molar-refractivity contribution is -0.384. The molecule has 0 saturated carbocycles. The fraction of sp³-hybridized carbons (Fsp3) is 0.167. The molecule has 0 spiro atoms. The summed E-state index contributed by atoms with van der Waals surface area (Å²) >= 11 is 1.15. The summed E-state index contributed by atoms with van der Waals surface area (Å²) in [5.41, 5.74) is 0.644. The molecule has 1 amide bonds. The summed E-state index contributed by atoms with van der Waals surface area (Å²) in [5, 5.41) is 19.9. The Morgan fingerprint density at radius 3 is 2.68 bits per heavy atom. The number of rotatable bonds is 7. The number of aromatic nitrogens is 2. The van der Waals surface area contributed by atoms with Crippen molar-refractivity contribution in [1.29, 1.82) is 0 Å². The third-order valence-electron chi connectivity index (χ3n) is 3.80. The van der Waals surface area contributed by atoms with Gasteiger partial charge in [0.15, 0.2) is 0 Å². The van der Waals surface area contributed by atoms with Gasteiger partial charge in [0.2, 0.25) is 5.13 Å². The summed E-state index contributed by atoms with van der Waals surface area (Å²) in [6.07, 6.45) is 0. The predicted molar refractivity (Wildman–Crippen MR) is 102 cm³/mol. The van der Waals surface area contributed by atoms with Crippen LogP contribution in [0.4, 0.5) is 15.2 Å². The molecule has 0 aliphatic heterocycles. The number of nitro benzene ring substituents is 1. The van der Waals surface area contributed by atoms with Crippen LogP contribution in [0.1, 0.15) is 10.4 Å². The fourth-order valence-corrected chi connectivity index (χ4v) is 3.28. The van der Waals surface area contributed by atoms with Crippen molar-refractivity contribution in [2.24, 2.45) is 0 Å². The zero-order chi connectivity index (χ0) is 20.1. The van der Waals surface area contributed by atoms with Gasteiger partial charge in [0.1, 0.15) is 10.8 Å². The normalized spacial score (nSPS) is 10.6. The second-order valence-electron chi connectivity index (χ2n) is 5.65. The molecule has 1 aromatic heterocycles. The lowest BCUT2D eigenvalue weighted by Crippen LogP contribution is -2.34. The first-order chi connectivity index (χ1) is 13.5. The molecular formula is C18H15FN4O4S. The van der Waals surface area contributed by atoms with Crippen LogP contribution in [0.5, 0.6) is 0 Å². The van der Waals surface area contributed by atoms with E-state index in [1.807, 2.05) is 0 Å². The Morgan fingerprint density at radius 1 is 1.25 bits per heavy atom. The van der Waals surface area contributed by atoms with Crippen molar-refractivity contribution < 1.29 is 18.8 Å². The number of hydrogen-bond donors (Lipinski definition) is 0. The summed E-state index contributed by atoms with van der Waals surface area (Å²) in [7, 11) is 1.50. The van der Waals surface area contributed by atoms with E-state index in [1.54, 1.807) is 12.1 Å². The van der Waals surface area contributed by atoms with Crippen molar-refractivity contribution >= 4 is 28.1 Å². The zero-order valence-electron chi connectivity index (χ0n) is 14.7. The maximum Gasteiger partial charge on any atom is 0.270 e. The molecule has 0 bridgehead atoms. The molecule has 10 heteroatoms. The average Bonchev–Trinajstić information content (AvgIpc) is 3.18. The maximum atomic E-state index is 13.1. The molecule has 0 atom stereocenters. The molecule has 0 radical (unpaired) electrons. The van der Waals surface area contributed by atoms with Gasteiger partial charge in [-0.15, -0.1) is 10.2 Å². The number of halogens is 1. The monoisotopic (exact) mass is 402 g/mol. The van der Waals surface area contributed by atoms with Gasteiger partial charge in [-0.2, -0.15) is 0 Å². The van der Waals surface area contributed by atoms with E-state index in [1.165, 1.54) is 48.4 Å². The van der Waals surface area contributed by atoms with Crippen LogP contribution in [0, 0.1) is 15.9 Å². The van der Waals surface area contributed by atoms with Crippen LogP contribution in [0.2, 0.25) is 0 Å². The Hall–Kier alpha value is -3.24. The molecule has 8 nitrogen and oxygen atoms in total. The standard InChI is InChI=1S/C18H15FN4O4S/c1-27-10-9-22(17(24)13-3-2-4-15(11-13)23(25)26)18-21-20-16(28-18)12-5-7-14(19)8-6-12/h2-8,11H,9-10H2,1H3. The van der Waals surface area contributed by atoms with E-state index in [9.17, 15) is 19.3 Å². The Kier molecular flexibility index (Phi) is 6.02. The molecule has 2 aromatic carbocycles. The lowest BCUT2D eigenvalue weighted by Gasteiger charge is -2.18. The molecule has 28 heavy (non-hydrogen) atoms. The molecule has 0 unspecified atom stereocenters. The highest BCUT2D eigenvalue weighted by Gasteiger charge is 2.23. The fourth-order valence-electron chi connectivity index (χ4n) is 2.41. The Morgan fingerprint density at radius 2 is 2.00 bits per heavy atom. The minimum atomic E-state index is -0.562. The molecule has 0 aliphatic rings. The number of amides is 1. The Balaban J connectivity index is 1.92. The van der Waals surface area contributed by atoms with Crippen LogP contribution in [-0.2, 0) is 4.74 Å². The number of non-ortho nitro benzene ring substituents is 1. The van der Waals surface area contributed by atoms with Crippen LogP contribution in [0.25, 0.3) is 10.6 Å². The first-order valence-corrected chi connectivity index (χ1v) is 8.96. The number of ether oxygens (including phenoxy) is 1. The van der Waals surface area contributed by atoms with E-state index >= 15 is 0 Å². The number of carbonyl (C=O) groups is 1. The van der Waals surface area contributed by atoms with Crippen molar-refractivity contribution in [3.8, 4) is 10.6 Å². The van der Waals surface area contributed by atoms with Crippen LogP contribution < -0.4 is 4.90 Å². The number of methoxy groups -OCH3 is 1. The van der Waals surface area contributed by atoms with E-state index in [0.717, 1.165) is 11.3 Å². The average molecular weight is 402 g/mol. The predicted octanol–water partition coefficient (Wildman–Crippen LogP) is 3.55. The van der Waals surface area contributed by atoms with Gasteiger partial charge in [-0.25, -0.2) is 4.39 Å². The summed E-state index contributed by atoms with van der Waals surface area (Å²) in [6, 6.07) is 11.2. The number of nitrogens with zero attached hydrogens (tertiary/aromatic N) is 4. The third kappa shape index (κ3) is 4.35. The Bertz CT molecular complexity index is 993. The molecule has 3 rings (SSSR count). The van der Waals surface area contributed by atoms with Gasteiger partial charge in [-0.05, 0) is 30.3 Å². The van der Waals surface area contributed by atoms with E-state index in [4.69, 9.17) is 4.74 Å². The second kappa shape index (κ2) is 8.63. The smallest absolute Gasteiger partial charge is 0.270 e. The minimum absolute atomic E-state index is 0.156. The van der Waals surface area contributed by atoms with E-state index in [2.05, 4.69) is 10.2 Å². The van der Waals surface area contributed by atoms with Crippen LogP contribution in [0.3, 0.4) is 0 Å². The van der Waals surface area contributed by atoms with E-state index < -0.39 is 10.8 Å². The van der Waals surface area contributed by atoms with E-state index in [-0.39, 0.29) is 30.2 Å². The number of hydrogen-bond acceptors (Lipinski definition) is 7. The molecular weight excluding hydrogens is 387 g/mol. The largest absolute Gasteiger partial charge is 0.383 e. The van der Waals surface area contributed by atoms with Crippen molar-refractivity contribution in [3.05, 3.63) is 70.0 Å². The van der Waals surface area contributed by atoms with Crippen LogP contribution in [-0.4, -0.2) is 41.3 Å². The van der Waals surface area contributed by atoms with Crippen LogP contribution in [0.15, 0.2) is 48.5 Å². The zero-order valence-corrected chi connectivity index (χ0v) is 15.6. The molecule has 0 saturated heterocycles. The van der Waals surface area contributed by atoms with Crippen molar-refractivity contribution in [2.45, 2.75) is 0 Å². The molecule has 1 heterocycles. The highest BCUT2D eigenvalue weighted by Crippen LogP contribution is 2.30. The van der Waals surface area contributed by atoms with Gasteiger partial charge in [0.05, 0.1) is 18.1 Å². The van der Waals surface area contributed by atoms with Gasteiger partial charge in [0.25, 0.3) is 11.6 Å². The highest BCUT2D eigenvalue weighted by atomic mass is 32.1. The summed E-state index contributed by atoms with van der Waals surface area (Å²) in [4.78, 5) is 24.7. The number of nitro groups is 1. The number of benzene rings is 2. The number of carbonyl (C=O) groups excluding carboxylic acids is 1. The van der Waals surface area contributed by atoms with Gasteiger partial charge >= 0.3 is 0 Å². The lowest BCUT2D eigenvalue weighted by atomic mass is 10.2.